The Hall–Kier alpha value is -2.07. The first-order chi connectivity index (χ1) is 8.99. The Labute approximate surface area is 111 Å². The van der Waals surface area contributed by atoms with Crippen LogP contribution in [0.3, 0.4) is 0 Å². The van der Waals surface area contributed by atoms with E-state index in [2.05, 4.69) is 17.2 Å². The molecule has 2 aromatic carbocycles. The van der Waals surface area contributed by atoms with E-state index in [-0.39, 0.29) is 0 Å². The Morgan fingerprint density at radius 2 is 1.84 bits per heavy atom. The Bertz CT molecular complexity index is 753. The SMILES string of the molecule is COc1ccc2ccc3cn(C(C)(C)N)nc3c2c1. The van der Waals surface area contributed by atoms with Gasteiger partial charge in [0, 0.05) is 17.0 Å². The number of rotatable bonds is 2. The van der Waals surface area contributed by atoms with Crippen molar-refractivity contribution in [2.45, 2.75) is 19.5 Å². The molecule has 0 radical (unpaired) electrons. The summed E-state index contributed by atoms with van der Waals surface area (Å²) in [6.07, 6.45) is 1.98. The van der Waals surface area contributed by atoms with Crippen molar-refractivity contribution < 1.29 is 4.74 Å². The van der Waals surface area contributed by atoms with Gasteiger partial charge in [0.2, 0.25) is 0 Å². The number of aromatic nitrogens is 2. The van der Waals surface area contributed by atoms with Gasteiger partial charge in [-0.25, -0.2) is 0 Å². The van der Waals surface area contributed by atoms with Crippen molar-refractivity contribution in [3.63, 3.8) is 0 Å². The molecule has 0 unspecified atom stereocenters. The zero-order chi connectivity index (χ0) is 13.6. The minimum absolute atomic E-state index is 0.510. The zero-order valence-corrected chi connectivity index (χ0v) is 11.3. The van der Waals surface area contributed by atoms with E-state index in [0.717, 1.165) is 27.4 Å². The summed E-state index contributed by atoms with van der Waals surface area (Å²) in [6.45, 7) is 3.86. The molecule has 3 aromatic rings. The molecule has 0 amide bonds. The molecule has 0 aliphatic heterocycles. The van der Waals surface area contributed by atoms with Crippen molar-refractivity contribution in [1.82, 2.24) is 9.78 Å². The van der Waals surface area contributed by atoms with E-state index in [0.29, 0.717) is 0 Å². The van der Waals surface area contributed by atoms with Gasteiger partial charge in [0.1, 0.15) is 16.9 Å². The van der Waals surface area contributed by atoms with Crippen LogP contribution in [0.4, 0.5) is 0 Å². The lowest BCUT2D eigenvalue weighted by Crippen LogP contribution is -2.36. The highest BCUT2D eigenvalue weighted by Gasteiger charge is 2.16. The third-order valence-electron chi connectivity index (χ3n) is 3.29. The van der Waals surface area contributed by atoms with Crippen LogP contribution in [0, 0.1) is 0 Å². The summed E-state index contributed by atoms with van der Waals surface area (Å²) in [7, 11) is 1.67. The van der Waals surface area contributed by atoms with E-state index >= 15 is 0 Å². The van der Waals surface area contributed by atoms with Crippen molar-refractivity contribution in [3.8, 4) is 5.75 Å². The molecule has 1 heterocycles. The van der Waals surface area contributed by atoms with Crippen LogP contribution in [0.5, 0.6) is 5.75 Å². The maximum atomic E-state index is 6.10. The van der Waals surface area contributed by atoms with E-state index in [9.17, 15) is 0 Å². The first-order valence-corrected chi connectivity index (χ1v) is 6.24. The van der Waals surface area contributed by atoms with Crippen LogP contribution < -0.4 is 10.5 Å². The molecule has 0 aliphatic carbocycles. The maximum absolute atomic E-state index is 6.10. The van der Waals surface area contributed by atoms with Crippen LogP contribution in [-0.4, -0.2) is 16.9 Å². The van der Waals surface area contributed by atoms with Crippen LogP contribution >= 0.6 is 0 Å². The van der Waals surface area contributed by atoms with E-state index < -0.39 is 5.66 Å². The molecule has 4 nitrogen and oxygen atoms in total. The average molecular weight is 255 g/mol. The largest absolute Gasteiger partial charge is 0.497 e. The van der Waals surface area contributed by atoms with Gasteiger partial charge < -0.3 is 10.5 Å². The van der Waals surface area contributed by atoms with Crippen molar-refractivity contribution in [3.05, 3.63) is 36.5 Å². The third-order valence-corrected chi connectivity index (χ3v) is 3.29. The Morgan fingerprint density at radius 3 is 2.53 bits per heavy atom. The number of nitrogens with two attached hydrogens (primary N) is 1. The van der Waals surface area contributed by atoms with Gasteiger partial charge in [0.15, 0.2) is 0 Å². The van der Waals surface area contributed by atoms with Crippen molar-refractivity contribution in [2.24, 2.45) is 5.73 Å². The van der Waals surface area contributed by atoms with Crippen LogP contribution in [0.15, 0.2) is 36.5 Å². The molecule has 4 heteroatoms. The first-order valence-electron chi connectivity index (χ1n) is 6.24. The Kier molecular flexibility index (Phi) is 2.50. The number of hydrogen-bond acceptors (Lipinski definition) is 3. The van der Waals surface area contributed by atoms with Crippen LogP contribution in [0.2, 0.25) is 0 Å². The Morgan fingerprint density at radius 1 is 1.16 bits per heavy atom. The molecule has 98 valence electrons. The molecule has 0 saturated carbocycles. The molecular formula is C15H17N3O. The second-order valence-electron chi connectivity index (χ2n) is 5.32. The fourth-order valence-corrected chi connectivity index (χ4v) is 2.21. The van der Waals surface area contributed by atoms with Crippen LogP contribution in [0.1, 0.15) is 13.8 Å². The summed E-state index contributed by atoms with van der Waals surface area (Å²) in [5.74, 6) is 0.835. The minimum Gasteiger partial charge on any atom is -0.497 e. The molecule has 19 heavy (non-hydrogen) atoms. The molecule has 0 atom stereocenters. The molecule has 0 spiro atoms. The Balaban J connectivity index is 2.35. The molecule has 1 aromatic heterocycles. The highest BCUT2D eigenvalue weighted by atomic mass is 16.5. The summed E-state index contributed by atoms with van der Waals surface area (Å²) in [4.78, 5) is 0. The second kappa shape index (κ2) is 3.96. The first kappa shape index (κ1) is 12.0. The second-order valence-corrected chi connectivity index (χ2v) is 5.32. The average Bonchev–Trinajstić information content (AvgIpc) is 2.82. The summed E-state index contributed by atoms with van der Waals surface area (Å²) in [6, 6.07) is 10.2. The summed E-state index contributed by atoms with van der Waals surface area (Å²) < 4.78 is 7.09. The molecular weight excluding hydrogens is 238 g/mol. The molecule has 0 bridgehead atoms. The number of benzene rings is 2. The zero-order valence-electron chi connectivity index (χ0n) is 11.3. The number of nitrogens with zero attached hydrogens (tertiary/aromatic N) is 2. The van der Waals surface area contributed by atoms with Crippen LogP contribution in [0.25, 0.3) is 21.7 Å². The van der Waals surface area contributed by atoms with Gasteiger partial charge in [0.25, 0.3) is 0 Å². The molecule has 0 aliphatic rings. The van der Waals surface area contributed by atoms with Gasteiger partial charge >= 0.3 is 0 Å². The van der Waals surface area contributed by atoms with Crippen molar-refractivity contribution >= 4 is 21.7 Å². The fraction of sp³-hybridized carbons (Fsp3) is 0.267. The molecule has 0 saturated heterocycles. The molecule has 3 rings (SSSR count). The topological polar surface area (TPSA) is 53.1 Å². The van der Waals surface area contributed by atoms with Crippen molar-refractivity contribution in [2.75, 3.05) is 7.11 Å². The van der Waals surface area contributed by atoms with E-state index in [1.165, 1.54) is 0 Å². The fourth-order valence-electron chi connectivity index (χ4n) is 2.21. The normalized spacial score (nSPS) is 12.2. The van der Waals surface area contributed by atoms with Gasteiger partial charge in [-0.2, -0.15) is 5.10 Å². The lowest BCUT2D eigenvalue weighted by Gasteiger charge is -2.18. The highest BCUT2D eigenvalue weighted by Crippen LogP contribution is 2.28. The van der Waals surface area contributed by atoms with Gasteiger partial charge in [-0.3, -0.25) is 4.68 Å². The highest BCUT2D eigenvalue weighted by molar-refractivity contribution is 6.05. The van der Waals surface area contributed by atoms with Gasteiger partial charge in [-0.1, -0.05) is 18.2 Å². The predicted octanol–water partition coefficient (Wildman–Crippen LogP) is 2.85. The van der Waals surface area contributed by atoms with Gasteiger partial charge in [0.05, 0.1) is 7.11 Å². The number of ether oxygens (including phenoxy) is 1. The summed E-state index contributed by atoms with van der Waals surface area (Å²) in [5, 5.41) is 7.94. The van der Waals surface area contributed by atoms with Crippen LogP contribution in [-0.2, 0) is 5.66 Å². The molecule has 2 N–H and O–H groups in total. The standard InChI is InChI=1S/C15H17N3O/c1-15(2,16)18-9-11-5-4-10-6-7-12(19-3)8-13(10)14(11)17-18/h4-9H,16H2,1-3H3. The van der Waals surface area contributed by atoms with E-state index in [1.807, 2.05) is 38.2 Å². The number of fused-ring (bicyclic) bond motifs is 3. The molecule has 0 fully saturated rings. The smallest absolute Gasteiger partial charge is 0.119 e. The van der Waals surface area contributed by atoms with Gasteiger partial charge in [-0.05, 0) is 31.4 Å². The quantitative estimate of drug-likeness (QED) is 0.766. The van der Waals surface area contributed by atoms with E-state index in [1.54, 1.807) is 11.8 Å². The summed E-state index contributed by atoms with van der Waals surface area (Å²) in [5.41, 5.74) is 6.54. The monoisotopic (exact) mass is 255 g/mol. The van der Waals surface area contributed by atoms with E-state index in [4.69, 9.17) is 10.5 Å². The lowest BCUT2D eigenvalue weighted by atomic mass is 10.1. The number of methoxy groups -OCH3 is 1. The lowest BCUT2D eigenvalue weighted by molar-refractivity contribution is 0.335. The summed E-state index contributed by atoms with van der Waals surface area (Å²) >= 11 is 0. The maximum Gasteiger partial charge on any atom is 0.119 e. The number of hydrogen-bond donors (Lipinski definition) is 1. The predicted molar refractivity (Wildman–Crippen MR) is 77.3 cm³/mol. The minimum atomic E-state index is -0.510. The third kappa shape index (κ3) is 1.94. The van der Waals surface area contributed by atoms with Crippen molar-refractivity contribution in [1.29, 1.82) is 0 Å². The van der Waals surface area contributed by atoms with Gasteiger partial charge in [-0.15, -0.1) is 0 Å².